The molecule has 11 heteroatoms. The van der Waals surface area contributed by atoms with E-state index in [1.807, 2.05) is 6.92 Å². The third-order valence-corrected chi connectivity index (χ3v) is 6.64. The molecule has 5 rings (SSSR count). The highest BCUT2D eigenvalue weighted by atomic mass is 35.5. The van der Waals surface area contributed by atoms with E-state index in [2.05, 4.69) is 15.0 Å². The summed E-state index contributed by atoms with van der Waals surface area (Å²) < 4.78 is 11.6. The van der Waals surface area contributed by atoms with Crippen molar-refractivity contribution in [2.75, 3.05) is 23.8 Å². The number of fused-ring (bicyclic) bond motifs is 1. The van der Waals surface area contributed by atoms with Crippen molar-refractivity contribution in [3.05, 3.63) is 99.2 Å². The maximum atomic E-state index is 13.3. The molecule has 0 unspecified atom stereocenters. The molecule has 0 saturated heterocycles. The van der Waals surface area contributed by atoms with Gasteiger partial charge in [0.05, 0.1) is 22.3 Å². The number of hydrogen-bond donors (Lipinski definition) is 2. The molecule has 0 atom stereocenters. The largest absolute Gasteiger partial charge is 0.489 e. The van der Waals surface area contributed by atoms with Crippen LogP contribution in [0.25, 0.3) is 0 Å². The maximum absolute atomic E-state index is 13.3. The Kier molecular flexibility index (Phi) is 7.13. The molecule has 0 spiro atoms. The van der Waals surface area contributed by atoms with Gasteiger partial charge in [0.15, 0.2) is 0 Å². The summed E-state index contributed by atoms with van der Waals surface area (Å²) in [6.45, 7) is 2.59. The van der Waals surface area contributed by atoms with Crippen molar-refractivity contribution < 1.29 is 14.3 Å². The average Bonchev–Trinajstić information content (AvgIpc) is 2.92. The zero-order valence-electron chi connectivity index (χ0n) is 20.2. The van der Waals surface area contributed by atoms with Crippen LogP contribution in [0.3, 0.4) is 0 Å². The lowest BCUT2D eigenvalue weighted by Crippen LogP contribution is -2.38. The minimum Gasteiger partial charge on any atom is -0.489 e. The van der Waals surface area contributed by atoms with E-state index < -0.39 is 0 Å². The highest BCUT2D eigenvalue weighted by Crippen LogP contribution is 2.33. The zero-order chi connectivity index (χ0) is 26.8. The molecule has 1 aromatic carbocycles. The SMILES string of the molecule is Cc1cc(C(=O)N2CCOc3ncc(C(=N)c4cc(OCc5c(Cl)cncc5Cl)ccc4N)cc32)ccn1. The molecule has 0 aliphatic carbocycles. The number of carbonyl (C=O) groups is 1. The number of aromatic nitrogens is 3. The molecule has 1 aliphatic rings. The van der Waals surface area contributed by atoms with Crippen LogP contribution in [0.2, 0.25) is 10.0 Å². The highest BCUT2D eigenvalue weighted by Gasteiger charge is 2.27. The van der Waals surface area contributed by atoms with Crippen LogP contribution in [-0.2, 0) is 6.61 Å². The van der Waals surface area contributed by atoms with Gasteiger partial charge in [-0.2, -0.15) is 0 Å². The molecule has 192 valence electrons. The minimum atomic E-state index is -0.200. The summed E-state index contributed by atoms with van der Waals surface area (Å²) in [7, 11) is 0. The Labute approximate surface area is 228 Å². The van der Waals surface area contributed by atoms with Gasteiger partial charge in [-0.15, -0.1) is 0 Å². The summed E-state index contributed by atoms with van der Waals surface area (Å²) in [5.41, 5.74) is 9.95. The molecule has 0 bridgehead atoms. The number of amides is 1. The van der Waals surface area contributed by atoms with E-state index in [0.717, 1.165) is 5.69 Å². The van der Waals surface area contributed by atoms with Gasteiger partial charge in [0, 0.05) is 58.4 Å². The summed E-state index contributed by atoms with van der Waals surface area (Å²) in [6, 6.07) is 10.1. The van der Waals surface area contributed by atoms with Crippen LogP contribution < -0.4 is 20.1 Å². The van der Waals surface area contributed by atoms with Gasteiger partial charge < -0.3 is 20.1 Å². The maximum Gasteiger partial charge on any atom is 0.258 e. The third-order valence-electron chi connectivity index (χ3n) is 5.98. The lowest BCUT2D eigenvalue weighted by molar-refractivity contribution is 0.0975. The number of carbonyl (C=O) groups excluding carboxylic acids is 1. The van der Waals surface area contributed by atoms with Crippen LogP contribution in [0.1, 0.15) is 32.7 Å². The van der Waals surface area contributed by atoms with Gasteiger partial charge >= 0.3 is 0 Å². The van der Waals surface area contributed by atoms with Crippen molar-refractivity contribution in [3.8, 4) is 11.6 Å². The number of aryl methyl sites for hydroxylation is 1. The van der Waals surface area contributed by atoms with Crippen molar-refractivity contribution in [1.29, 1.82) is 5.41 Å². The highest BCUT2D eigenvalue weighted by molar-refractivity contribution is 6.35. The topological polar surface area (TPSA) is 127 Å². The van der Waals surface area contributed by atoms with E-state index in [1.54, 1.807) is 47.5 Å². The second-order valence-corrected chi connectivity index (χ2v) is 9.35. The fourth-order valence-corrected chi connectivity index (χ4v) is 4.48. The number of benzene rings is 1. The number of rotatable bonds is 6. The molecule has 3 N–H and O–H groups in total. The van der Waals surface area contributed by atoms with Gasteiger partial charge in [-0.05, 0) is 43.3 Å². The second kappa shape index (κ2) is 10.6. The number of pyridine rings is 3. The van der Waals surface area contributed by atoms with Crippen LogP contribution in [-0.4, -0.2) is 39.7 Å². The number of halogens is 2. The van der Waals surface area contributed by atoms with Crippen molar-refractivity contribution in [1.82, 2.24) is 15.0 Å². The van der Waals surface area contributed by atoms with Crippen molar-refractivity contribution in [2.45, 2.75) is 13.5 Å². The first-order chi connectivity index (χ1) is 18.3. The summed E-state index contributed by atoms with van der Waals surface area (Å²) in [5, 5.41) is 9.66. The number of ether oxygens (including phenoxy) is 2. The smallest absolute Gasteiger partial charge is 0.258 e. The molecule has 9 nitrogen and oxygen atoms in total. The first-order valence-electron chi connectivity index (χ1n) is 11.6. The van der Waals surface area contributed by atoms with Crippen molar-refractivity contribution in [3.63, 3.8) is 0 Å². The van der Waals surface area contributed by atoms with Crippen LogP contribution >= 0.6 is 23.2 Å². The number of anilines is 2. The molecule has 0 radical (unpaired) electrons. The Bertz CT molecular complexity index is 1540. The van der Waals surface area contributed by atoms with Crippen LogP contribution in [0.4, 0.5) is 11.4 Å². The lowest BCUT2D eigenvalue weighted by atomic mass is 10.0. The Morgan fingerprint density at radius 3 is 2.66 bits per heavy atom. The number of nitrogens with zero attached hydrogens (tertiary/aromatic N) is 4. The Morgan fingerprint density at radius 1 is 1.11 bits per heavy atom. The standard InChI is InChI=1S/C27H22Cl2N6O3/c1-15-8-16(4-5-33-15)27(36)35-6-7-37-26-24(35)9-17(11-34-26)25(31)19-10-18(2-3-23(19)30)38-14-20-21(28)12-32-13-22(20)29/h2-5,8-13,31H,6-7,14,30H2,1H3. The van der Waals surface area contributed by atoms with Crippen molar-refractivity contribution >= 4 is 46.2 Å². The van der Waals surface area contributed by atoms with Gasteiger partial charge in [-0.25, -0.2) is 4.98 Å². The fourth-order valence-electron chi connectivity index (χ4n) is 4.01. The lowest BCUT2D eigenvalue weighted by Gasteiger charge is -2.29. The number of nitrogen functional groups attached to an aromatic ring is 1. The average molecular weight is 549 g/mol. The zero-order valence-corrected chi connectivity index (χ0v) is 21.8. The monoisotopic (exact) mass is 548 g/mol. The predicted octanol–water partition coefficient (Wildman–Crippen LogP) is 5.10. The van der Waals surface area contributed by atoms with E-state index in [-0.39, 0.29) is 18.2 Å². The number of nitrogens with one attached hydrogen (secondary N) is 1. The minimum absolute atomic E-state index is 0.111. The quantitative estimate of drug-likeness (QED) is 0.253. The summed E-state index contributed by atoms with van der Waals surface area (Å²) in [6.07, 6.45) is 6.11. The first-order valence-corrected chi connectivity index (χ1v) is 12.3. The summed E-state index contributed by atoms with van der Waals surface area (Å²) >= 11 is 12.4. The van der Waals surface area contributed by atoms with Gasteiger partial charge in [-0.1, -0.05) is 23.2 Å². The number of nitrogens with two attached hydrogens (primary N) is 1. The first kappa shape index (κ1) is 25.4. The Morgan fingerprint density at radius 2 is 1.89 bits per heavy atom. The van der Waals surface area contributed by atoms with Crippen LogP contribution in [0, 0.1) is 12.3 Å². The van der Waals surface area contributed by atoms with Gasteiger partial charge in [-0.3, -0.25) is 20.2 Å². The van der Waals surface area contributed by atoms with Crippen LogP contribution in [0.5, 0.6) is 11.6 Å². The second-order valence-electron chi connectivity index (χ2n) is 8.53. The van der Waals surface area contributed by atoms with Gasteiger partial charge in [0.25, 0.3) is 5.91 Å². The van der Waals surface area contributed by atoms with E-state index in [0.29, 0.717) is 68.5 Å². The van der Waals surface area contributed by atoms with Gasteiger partial charge in [0.2, 0.25) is 5.88 Å². The molecule has 3 aromatic heterocycles. The summed E-state index contributed by atoms with van der Waals surface area (Å²) in [4.78, 5) is 27.4. The molecule has 1 aliphatic heterocycles. The normalized spacial score (nSPS) is 12.4. The van der Waals surface area contributed by atoms with Crippen LogP contribution in [0.15, 0.2) is 61.2 Å². The molecule has 4 heterocycles. The fraction of sp³-hybridized carbons (Fsp3) is 0.148. The Hall–Kier alpha value is -4.21. The summed E-state index contributed by atoms with van der Waals surface area (Å²) in [5.74, 6) is 0.596. The third kappa shape index (κ3) is 5.11. The van der Waals surface area contributed by atoms with E-state index in [1.165, 1.54) is 18.6 Å². The molecule has 4 aromatic rings. The molecule has 0 fully saturated rings. The molecular weight excluding hydrogens is 527 g/mol. The van der Waals surface area contributed by atoms with E-state index >= 15 is 0 Å². The van der Waals surface area contributed by atoms with Gasteiger partial charge in [0.1, 0.15) is 24.7 Å². The molecule has 0 saturated carbocycles. The van der Waals surface area contributed by atoms with Crippen molar-refractivity contribution in [2.24, 2.45) is 0 Å². The molecule has 38 heavy (non-hydrogen) atoms. The molecular formula is C27H22Cl2N6O3. The van der Waals surface area contributed by atoms with E-state index in [4.69, 9.17) is 43.8 Å². The number of hydrogen-bond acceptors (Lipinski definition) is 8. The predicted molar refractivity (Wildman–Crippen MR) is 146 cm³/mol. The molecule has 1 amide bonds. The Balaban J connectivity index is 1.42. The van der Waals surface area contributed by atoms with E-state index in [9.17, 15) is 4.79 Å².